The summed E-state index contributed by atoms with van der Waals surface area (Å²) in [4.78, 5) is 0. The van der Waals surface area contributed by atoms with Gasteiger partial charge >= 0.3 is 0 Å². The van der Waals surface area contributed by atoms with E-state index in [2.05, 4.69) is 224 Å². The molecule has 0 atom stereocenters. The largest absolute Gasteiger partial charge is 0.0622 e. The topological polar surface area (TPSA) is 0 Å². The van der Waals surface area contributed by atoms with E-state index in [1.165, 1.54) is 82.8 Å². The van der Waals surface area contributed by atoms with Crippen molar-refractivity contribution in [2.45, 2.75) is 5.92 Å². The highest BCUT2D eigenvalue weighted by atomic mass is 14.2. The number of hydrogen-bond donors (Lipinski definition) is 0. The second kappa shape index (κ2) is 14.5. The van der Waals surface area contributed by atoms with Crippen LogP contribution in [0.1, 0.15) is 39.3 Å². The van der Waals surface area contributed by atoms with Crippen LogP contribution in [0.15, 0.2) is 218 Å². The molecule has 0 bridgehead atoms. The van der Waals surface area contributed by atoms with Gasteiger partial charge in [0, 0.05) is 5.92 Å². The lowest BCUT2D eigenvalue weighted by molar-refractivity contribution is 0.978. The summed E-state index contributed by atoms with van der Waals surface area (Å²) in [7, 11) is 0. The molecule has 0 heteroatoms. The van der Waals surface area contributed by atoms with E-state index in [1.54, 1.807) is 0 Å². The Hall–Kier alpha value is -6.76. The molecule has 0 radical (unpaired) electrons. The molecule has 53 heavy (non-hydrogen) atoms. The average molecular weight is 675 g/mol. The van der Waals surface area contributed by atoms with Crippen molar-refractivity contribution in [2.24, 2.45) is 0 Å². The Labute approximate surface area is 312 Å². The third kappa shape index (κ3) is 6.37. The van der Waals surface area contributed by atoms with Crippen molar-refractivity contribution in [3.8, 4) is 22.3 Å². The van der Waals surface area contributed by atoms with E-state index in [0.717, 1.165) is 0 Å². The molecule has 0 aliphatic heterocycles. The Morgan fingerprint density at radius 1 is 0.302 bits per heavy atom. The van der Waals surface area contributed by atoms with E-state index >= 15 is 0 Å². The zero-order valence-corrected chi connectivity index (χ0v) is 29.4. The molecule has 0 aromatic heterocycles. The summed E-state index contributed by atoms with van der Waals surface area (Å²) in [5, 5.41) is 5.04. The van der Waals surface area contributed by atoms with Crippen LogP contribution in [0.2, 0.25) is 0 Å². The highest BCUT2D eigenvalue weighted by Gasteiger charge is 2.19. The first-order chi connectivity index (χ1) is 26.3. The summed E-state index contributed by atoms with van der Waals surface area (Å²) >= 11 is 0. The molecule has 0 fully saturated rings. The molecule has 0 unspecified atom stereocenters. The van der Waals surface area contributed by atoms with Gasteiger partial charge in [0.15, 0.2) is 0 Å². The van der Waals surface area contributed by atoms with Crippen molar-refractivity contribution < 1.29 is 0 Å². The van der Waals surface area contributed by atoms with Crippen LogP contribution in [-0.4, -0.2) is 0 Å². The van der Waals surface area contributed by atoms with Gasteiger partial charge in [-0.15, -0.1) is 0 Å². The van der Waals surface area contributed by atoms with E-state index < -0.39 is 0 Å². The predicted octanol–water partition coefficient (Wildman–Crippen LogP) is 14.1. The van der Waals surface area contributed by atoms with Gasteiger partial charge < -0.3 is 0 Å². The Balaban J connectivity index is 1.15. The minimum Gasteiger partial charge on any atom is -0.0622 e. The summed E-state index contributed by atoms with van der Waals surface area (Å²) in [5.74, 6) is 0.164. The van der Waals surface area contributed by atoms with E-state index in [4.69, 9.17) is 0 Å². The van der Waals surface area contributed by atoms with Gasteiger partial charge in [0.1, 0.15) is 0 Å². The summed E-state index contributed by atoms with van der Waals surface area (Å²) in [6, 6.07) is 79.2. The van der Waals surface area contributed by atoms with Crippen LogP contribution in [0.3, 0.4) is 0 Å². The molecular weight excluding hydrogens is 637 g/mol. The predicted molar refractivity (Wildman–Crippen MR) is 226 cm³/mol. The van der Waals surface area contributed by atoms with Crippen molar-refractivity contribution in [3.63, 3.8) is 0 Å². The number of benzene rings is 9. The van der Waals surface area contributed by atoms with Gasteiger partial charge in [-0.05, 0) is 88.8 Å². The Kier molecular flexibility index (Phi) is 8.78. The first kappa shape index (κ1) is 32.2. The monoisotopic (exact) mass is 674 g/mol. The summed E-state index contributed by atoms with van der Waals surface area (Å²) in [6.45, 7) is 0. The molecule has 0 N–H and O–H groups in total. The Morgan fingerprint density at radius 3 is 1.02 bits per heavy atom. The maximum absolute atomic E-state index is 2.32. The zero-order chi connectivity index (χ0) is 35.4. The molecule has 0 saturated heterocycles. The van der Waals surface area contributed by atoms with Gasteiger partial charge in [-0.25, -0.2) is 0 Å². The number of fused-ring (bicyclic) bond motifs is 2. The lowest BCUT2D eigenvalue weighted by Gasteiger charge is -2.20. The molecular formula is C53H38. The second-order valence-corrected chi connectivity index (χ2v) is 13.6. The van der Waals surface area contributed by atoms with E-state index in [9.17, 15) is 0 Å². The van der Waals surface area contributed by atoms with Crippen molar-refractivity contribution in [2.75, 3.05) is 0 Å². The van der Waals surface area contributed by atoms with Crippen molar-refractivity contribution in [1.82, 2.24) is 0 Å². The van der Waals surface area contributed by atoms with Crippen LogP contribution in [0.4, 0.5) is 0 Å². The van der Waals surface area contributed by atoms with Crippen molar-refractivity contribution >= 4 is 33.2 Å². The molecule has 250 valence electrons. The molecule has 9 aromatic rings. The van der Waals surface area contributed by atoms with E-state index in [0.29, 0.717) is 0 Å². The van der Waals surface area contributed by atoms with Crippen molar-refractivity contribution in [3.05, 3.63) is 252 Å². The SMILES string of the molecule is C(=C(c1ccccc1)c1ccccc1)c1ccc(-c2c3ccccc3c(-c3ccc(C(c4ccccc4)c4ccccc4)cc3)c3ccccc23)cc1. The first-order valence-electron chi connectivity index (χ1n) is 18.4. The fraction of sp³-hybridized carbons (Fsp3) is 0.0189. The lowest BCUT2D eigenvalue weighted by Crippen LogP contribution is -2.03. The summed E-state index contributed by atoms with van der Waals surface area (Å²) < 4.78 is 0. The van der Waals surface area contributed by atoms with Crippen LogP contribution in [0.25, 0.3) is 55.4 Å². The number of hydrogen-bond acceptors (Lipinski definition) is 0. The smallest absolute Gasteiger partial charge is 0.0339 e. The minimum atomic E-state index is 0.164. The molecule has 0 heterocycles. The maximum atomic E-state index is 2.32. The average Bonchev–Trinajstić information content (AvgIpc) is 3.24. The summed E-state index contributed by atoms with van der Waals surface area (Å²) in [5.41, 5.74) is 13.7. The third-order valence-electron chi connectivity index (χ3n) is 10.4. The molecule has 0 aliphatic carbocycles. The van der Waals surface area contributed by atoms with Gasteiger partial charge in [0.05, 0.1) is 0 Å². The zero-order valence-electron chi connectivity index (χ0n) is 29.4. The van der Waals surface area contributed by atoms with Crippen molar-refractivity contribution in [1.29, 1.82) is 0 Å². The molecule has 0 nitrogen and oxygen atoms in total. The molecule has 9 aromatic carbocycles. The lowest BCUT2D eigenvalue weighted by atomic mass is 9.83. The normalized spacial score (nSPS) is 11.2. The standard InChI is InChI=1S/C53H38/c1-5-17-39(18-6-1)50(40-19-7-2-8-20-40)37-38-29-31-44(32-30-38)52-46-25-13-15-27-48(46)53(49-28-16-14-26-47(49)52)45-35-33-43(34-36-45)51(41-21-9-3-10-22-41)42-23-11-4-12-24-42/h1-37,51H. The van der Waals surface area contributed by atoms with Gasteiger partial charge in [0.2, 0.25) is 0 Å². The van der Waals surface area contributed by atoms with Crippen LogP contribution < -0.4 is 0 Å². The van der Waals surface area contributed by atoms with Crippen LogP contribution in [0.5, 0.6) is 0 Å². The van der Waals surface area contributed by atoms with E-state index in [-0.39, 0.29) is 5.92 Å². The van der Waals surface area contributed by atoms with Gasteiger partial charge in [0.25, 0.3) is 0 Å². The quantitative estimate of drug-likeness (QED) is 0.0855. The van der Waals surface area contributed by atoms with Gasteiger partial charge in [-0.1, -0.05) is 218 Å². The highest BCUT2D eigenvalue weighted by molar-refractivity contribution is 6.21. The Morgan fingerprint density at radius 2 is 0.623 bits per heavy atom. The molecule has 0 amide bonds. The highest BCUT2D eigenvalue weighted by Crippen LogP contribution is 2.44. The fourth-order valence-corrected chi connectivity index (χ4v) is 7.94. The third-order valence-corrected chi connectivity index (χ3v) is 10.4. The molecule has 0 saturated carbocycles. The molecule has 9 rings (SSSR count). The fourth-order valence-electron chi connectivity index (χ4n) is 7.94. The number of rotatable bonds is 8. The molecule has 0 aliphatic rings. The minimum absolute atomic E-state index is 0.164. The van der Waals surface area contributed by atoms with Crippen LogP contribution in [0, 0.1) is 0 Å². The molecule has 0 spiro atoms. The first-order valence-corrected chi connectivity index (χ1v) is 18.4. The Bertz CT molecular complexity index is 2520. The van der Waals surface area contributed by atoms with Gasteiger partial charge in [-0.2, -0.15) is 0 Å². The van der Waals surface area contributed by atoms with Crippen LogP contribution >= 0.6 is 0 Å². The van der Waals surface area contributed by atoms with E-state index in [1.807, 2.05) is 0 Å². The van der Waals surface area contributed by atoms with Gasteiger partial charge in [-0.3, -0.25) is 0 Å². The summed E-state index contributed by atoms with van der Waals surface area (Å²) in [6.07, 6.45) is 2.30. The van der Waals surface area contributed by atoms with Crippen LogP contribution in [-0.2, 0) is 0 Å². The second-order valence-electron chi connectivity index (χ2n) is 13.6. The maximum Gasteiger partial charge on any atom is 0.0339 e.